The van der Waals surface area contributed by atoms with Gasteiger partial charge in [-0.2, -0.15) is 0 Å². The van der Waals surface area contributed by atoms with Crippen LogP contribution in [0.3, 0.4) is 0 Å². The lowest BCUT2D eigenvalue weighted by atomic mass is 10.2. The Morgan fingerprint density at radius 1 is 1.43 bits per heavy atom. The first-order chi connectivity index (χ1) is 10.0. The van der Waals surface area contributed by atoms with E-state index in [1.807, 2.05) is 24.4 Å². The van der Waals surface area contributed by atoms with Crippen LogP contribution in [0, 0.1) is 6.92 Å². The molecule has 2 rings (SSSR count). The summed E-state index contributed by atoms with van der Waals surface area (Å²) in [5, 5.41) is 2.60. The van der Waals surface area contributed by atoms with Gasteiger partial charge >= 0.3 is 0 Å². The van der Waals surface area contributed by atoms with Crippen LogP contribution in [0.1, 0.15) is 18.9 Å². The van der Waals surface area contributed by atoms with Gasteiger partial charge in [-0.05, 0) is 31.0 Å². The summed E-state index contributed by atoms with van der Waals surface area (Å²) < 4.78 is 0. The normalized spacial score (nSPS) is 14.9. The average molecular weight is 311 g/mol. The van der Waals surface area contributed by atoms with Crippen LogP contribution < -0.4 is 10.2 Å². The molecule has 0 unspecified atom stereocenters. The molecule has 0 aromatic heterocycles. The molecule has 1 aliphatic heterocycles. The molecule has 1 aromatic carbocycles. The number of hydrogen-bond donors (Lipinski definition) is 1. The molecule has 2 N–H and O–H groups in total. The van der Waals surface area contributed by atoms with Crippen molar-refractivity contribution in [3.8, 4) is 0 Å². The van der Waals surface area contributed by atoms with E-state index in [-0.39, 0.29) is 18.4 Å². The Balaban J connectivity index is 2.06. The number of amides is 2. The molecule has 1 heterocycles. The monoisotopic (exact) mass is 310 g/mol. The van der Waals surface area contributed by atoms with Crippen molar-refractivity contribution in [1.29, 1.82) is 0 Å². The Labute approximate surface area is 129 Å². The highest BCUT2D eigenvalue weighted by Crippen LogP contribution is 2.28. The van der Waals surface area contributed by atoms with Crippen molar-refractivity contribution in [3.63, 3.8) is 0 Å². The van der Waals surface area contributed by atoms with Crippen molar-refractivity contribution in [2.75, 3.05) is 31.2 Å². The topological polar surface area (TPSA) is 57.2 Å². The third kappa shape index (κ3) is 3.54. The molecule has 114 valence electrons. The van der Waals surface area contributed by atoms with Gasteiger partial charge in [-0.15, -0.1) is 0 Å². The van der Waals surface area contributed by atoms with Crippen LogP contribution in [0.4, 0.5) is 5.69 Å². The summed E-state index contributed by atoms with van der Waals surface area (Å²) in [6.07, 6.45) is 1.03. The maximum Gasteiger partial charge on any atom is 0.279 e. The number of hydrogen-bond acceptors (Lipinski definition) is 2. The quantitative estimate of drug-likeness (QED) is 0.816. The van der Waals surface area contributed by atoms with E-state index in [2.05, 4.69) is 6.92 Å². The summed E-state index contributed by atoms with van der Waals surface area (Å²) in [6.45, 7) is 5.71. The predicted octanol–water partition coefficient (Wildman–Crippen LogP) is 0.755. The van der Waals surface area contributed by atoms with Gasteiger partial charge in [0.15, 0.2) is 6.54 Å². The highest BCUT2D eigenvalue weighted by molar-refractivity contribution is 6.31. The minimum Gasteiger partial charge on any atom is -0.338 e. The minimum atomic E-state index is -0.0655. The van der Waals surface area contributed by atoms with Crippen molar-refractivity contribution in [3.05, 3.63) is 28.8 Å². The van der Waals surface area contributed by atoms with Crippen LogP contribution in [0.5, 0.6) is 0 Å². The minimum absolute atomic E-state index is 0.000943. The first-order valence-corrected chi connectivity index (χ1v) is 7.57. The molecule has 1 aliphatic rings. The van der Waals surface area contributed by atoms with Crippen molar-refractivity contribution in [2.45, 2.75) is 20.3 Å². The maximum atomic E-state index is 12.2. The van der Waals surface area contributed by atoms with Crippen molar-refractivity contribution >= 4 is 29.1 Å². The van der Waals surface area contributed by atoms with Crippen LogP contribution in [0.15, 0.2) is 18.2 Å². The maximum absolute atomic E-state index is 12.2. The number of quaternary nitrogens is 1. The molecule has 1 saturated heterocycles. The number of benzene rings is 1. The molecule has 1 aromatic rings. The van der Waals surface area contributed by atoms with Gasteiger partial charge in [0.2, 0.25) is 5.91 Å². The Morgan fingerprint density at radius 2 is 2.19 bits per heavy atom. The lowest BCUT2D eigenvalue weighted by molar-refractivity contribution is -0.644. The van der Waals surface area contributed by atoms with Crippen LogP contribution in [-0.2, 0) is 9.59 Å². The largest absolute Gasteiger partial charge is 0.338 e. The Hall–Kier alpha value is -1.59. The SMILES string of the molecule is CCC[NH2+]CC(=O)N1CC(=O)N(c2cccc(Cl)c2C)C1. The summed E-state index contributed by atoms with van der Waals surface area (Å²) >= 11 is 6.10. The molecule has 0 bridgehead atoms. The summed E-state index contributed by atoms with van der Waals surface area (Å²) in [6, 6.07) is 5.47. The number of carbonyl (C=O) groups excluding carboxylic acids is 2. The molecule has 2 amide bonds. The summed E-state index contributed by atoms with van der Waals surface area (Å²) in [5.41, 5.74) is 1.64. The highest BCUT2D eigenvalue weighted by Gasteiger charge is 2.32. The third-order valence-electron chi connectivity index (χ3n) is 3.63. The summed E-state index contributed by atoms with van der Waals surface area (Å²) in [5.74, 6) is -0.0665. The van der Waals surface area contributed by atoms with E-state index in [0.29, 0.717) is 18.2 Å². The van der Waals surface area contributed by atoms with Crippen LogP contribution in [-0.4, -0.2) is 43.0 Å². The van der Waals surface area contributed by atoms with Crippen LogP contribution in [0.2, 0.25) is 5.02 Å². The van der Waals surface area contributed by atoms with Crippen molar-refractivity contribution in [2.24, 2.45) is 0 Å². The molecule has 0 aliphatic carbocycles. The molecule has 6 heteroatoms. The second kappa shape index (κ2) is 6.91. The zero-order chi connectivity index (χ0) is 15.4. The fourth-order valence-corrected chi connectivity index (χ4v) is 2.54. The third-order valence-corrected chi connectivity index (χ3v) is 4.04. The zero-order valence-electron chi connectivity index (χ0n) is 12.4. The number of anilines is 1. The van der Waals surface area contributed by atoms with Gasteiger partial charge in [-0.25, -0.2) is 0 Å². The zero-order valence-corrected chi connectivity index (χ0v) is 13.2. The smallest absolute Gasteiger partial charge is 0.279 e. The average Bonchev–Trinajstić information content (AvgIpc) is 2.84. The predicted molar refractivity (Wildman–Crippen MR) is 82.2 cm³/mol. The number of halogens is 1. The molecular formula is C15H21ClN3O2+. The summed E-state index contributed by atoms with van der Waals surface area (Å²) in [4.78, 5) is 27.5. The first-order valence-electron chi connectivity index (χ1n) is 7.19. The number of nitrogens with zero attached hydrogens (tertiary/aromatic N) is 2. The van der Waals surface area contributed by atoms with Gasteiger partial charge in [0.25, 0.3) is 5.91 Å². The highest BCUT2D eigenvalue weighted by atomic mass is 35.5. The second-order valence-electron chi connectivity index (χ2n) is 5.22. The van der Waals surface area contributed by atoms with E-state index in [9.17, 15) is 9.59 Å². The summed E-state index contributed by atoms with van der Waals surface area (Å²) in [7, 11) is 0. The van der Waals surface area contributed by atoms with E-state index in [0.717, 1.165) is 24.2 Å². The Kier molecular flexibility index (Phi) is 5.20. The Morgan fingerprint density at radius 3 is 2.90 bits per heavy atom. The standard InChI is InChI=1S/C15H20ClN3O2/c1-3-7-17-8-14(20)18-9-15(21)19(10-18)13-6-4-5-12(16)11(13)2/h4-6,17H,3,7-10H2,1-2H3/p+1. The van der Waals surface area contributed by atoms with Gasteiger partial charge in [0.05, 0.1) is 6.54 Å². The van der Waals surface area contributed by atoms with Crippen molar-refractivity contribution in [1.82, 2.24) is 4.90 Å². The fraction of sp³-hybridized carbons (Fsp3) is 0.467. The van der Waals surface area contributed by atoms with E-state index in [1.54, 1.807) is 15.9 Å². The molecule has 5 nitrogen and oxygen atoms in total. The van der Waals surface area contributed by atoms with E-state index in [4.69, 9.17) is 11.6 Å². The Bertz CT molecular complexity index is 548. The fourth-order valence-electron chi connectivity index (χ4n) is 2.37. The molecule has 1 fully saturated rings. The number of rotatable bonds is 5. The molecule has 0 radical (unpaired) electrons. The lowest BCUT2D eigenvalue weighted by Gasteiger charge is -2.20. The van der Waals surface area contributed by atoms with Gasteiger partial charge in [-0.3, -0.25) is 14.5 Å². The van der Waals surface area contributed by atoms with Crippen LogP contribution >= 0.6 is 11.6 Å². The lowest BCUT2D eigenvalue weighted by Crippen LogP contribution is -2.86. The van der Waals surface area contributed by atoms with Crippen molar-refractivity contribution < 1.29 is 14.9 Å². The molecule has 0 spiro atoms. The van der Waals surface area contributed by atoms with Gasteiger partial charge in [0.1, 0.15) is 13.2 Å². The number of carbonyl (C=O) groups is 2. The molecule has 0 saturated carbocycles. The molecule has 0 atom stereocenters. The first kappa shape index (κ1) is 15.8. The van der Waals surface area contributed by atoms with Gasteiger partial charge < -0.3 is 10.2 Å². The van der Waals surface area contributed by atoms with E-state index < -0.39 is 0 Å². The van der Waals surface area contributed by atoms with E-state index >= 15 is 0 Å². The second-order valence-corrected chi connectivity index (χ2v) is 5.63. The van der Waals surface area contributed by atoms with E-state index in [1.165, 1.54) is 0 Å². The van der Waals surface area contributed by atoms with Gasteiger partial charge in [-0.1, -0.05) is 24.6 Å². The molecular weight excluding hydrogens is 290 g/mol. The van der Waals surface area contributed by atoms with Gasteiger partial charge in [0, 0.05) is 10.7 Å². The van der Waals surface area contributed by atoms with Crippen LogP contribution in [0.25, 0.3) is 0 Å². The number of nitrogens with two attached hydrogens (primary N) is 1. The molecule has 21 heavy (non-hydrogen) atoms.